The zero-order chi connectivity index (χ0) is 22.6. The molecule has 2 aromatic rings. The van der Waals surface area contributed by atoms with Crippen molar-refractivity contribution in [1.82, 2.24) is 9.21 Å². The number of sulfonamides is 1. The molecule has 1 heterocycles. The van der Waals surface area contributed by atoms with E-state index in [1.807, 2.05) is 13.0 Å². The summed E-state index contributed by atoms with van der Waals surface area (Å²) in [6.45, 7) is 4.10. The van der Waals surface area contributed by atoms with Crippen LogP contribution in [0.4, 0.5) is 0 Å². The number of carbonyl (C=O) groups is 2. The van der Waals surface area contributed by atoms with Crippen molar-refractivity contribution in [3.8, 4) is 5.75 Å². The Morgan fingerprint density at radius 2 is 1.68 bits per heavy atom. The molecule has 8 nitrogen and oxygen atoms in total. The Bertz CT molecular complexity index is 1080. The number of rotatable bonds is 6. The van der Waals surface area contributed by atoms with Gasteiger partial charge in [0.2, 0.25) is 10.0 Å². The molecule has 1 saturated heterocycles. The van der Waals surface area contributed by atoms with E-state index < -0.39 is 22.6 Å². The molecule has 1 aliphatic heterocycles. The van der Waals surface area contributed by atoms with E-state index >= 15 is 0 Å². The third-order valence-corrected chi connectivity index (χ3v) is 7.25. The molecule has 0 aliphatic carbocycles. The lowest BCUT2D eigenvalue weighted by Crippen LogP contribution is -2.51. The maximum atomic E-state index is 13.0. The van der Waals surface area contributed by atoms with Gasteiger partial charge >= 0.3 is 5.97 Å². The van der Waals surface area contributed by atoms with Crippen LogP contribution in [-0.4, -0.2) is 69.4 Å². The lowest BCUT2D eigenvalue weighted by molar-refractivity contribution is -0.135. The van der Waals surface area contributed by atoms with Gasteiger partial charge in [0, 0.05) is 26.2 Å². The van der Waals surface area contributed by atoms with Crippen molar-refractivity contribution < 1.29 is 27.5 Å². The van der Waals surface area contributed by atoms with E-state index in [0.717, 1.165) is 5.56 Å². The summed E-state index contributed by atoms with van der Waals surface area (Å²) in [5, 5.41) is 0. The molecular weight excluding hydrogens is 420 g/mol. The Kier molecular flexibility index (Phi) is 6.97. The number of methoxy groups -OCH3 is 1. The van der Waals surface area contributed by atoms with Crippen molar-refractivity contribution in [3.63, 3.8) is 0 Å². The quantitative estimate of drug-likeness (QED) is 0.630. The Labute approximate surface area is 182 Å². The fourth-order valence-electron chi connectivity index (χ4n) is 3.52. The summed E-state index contributed by atoms with van der Waals surface area (Å²) in [5.74, 6) is -0.654. The van der Waals surface area contributed by atoms with Gasteiger partial charge in [-0.15, -0.1) is 0 Å². The normalized spacial score (nSPS) is 14.9. The minimum atomic E-state index is -3.63. The van der Waals surface area contributed by atoms with Gasteiger partial charge in [-0.3, -0.25) is 4.79 Å². The van der Waals surface area contributed by atoms with E-state index in [-0.39, 0.29) is 42.5 Å². The van der Waals surface area contributed by atoms with Crippen LogP contribution in [0.5, 0.6) is 5.75 Å². The number of ether oxygens (including phenoxy) is 2. The molecule has 166 valence electrons. The van der Waals surface area contributed by atoms with Gasteiger partial charge in [-0.25, -0.2) is 13.2 Å². The molecule has 0 unspecified atom stereocenters. The molecule has 0 radical (unpaired) electrons. The largest absolute Gasteiger partial charge is 0.496 e. The predicted octanol–water partition coefficient (Wildman–Crippen LogP) is 2.00. The average Bonchev–Trinajstić information content (AvgIpc) is 2.77. The maximum Gasteiger partial charge on any atom is 0.342 e. The second kappa shape index (κ2) is 9.49. The highest BCUT2D eigenvalue weighted by Crippen LogP contribution is 2.22. The molecule has 3 rings (SSSR count). The number of aryl methyl sites for hydroxylation is 2. The smallest absolute Gasteiger partial charge is 0.342 e. The van der Waals surface area contributed by atoms with E-state index in [1.165, 1.54) is 16.3 Å². The molecule has 1 amide bonds. The summed E-state index contributed by atoms with van der Waals surface area (Å²) in [6.07, 6.45) is 0. The Balaban J connectivity index is 1.56. The van der Waals surface area contributed by atoms with E-state index in [9.17, 15) is 18.0 Å². The van der Waals surface area contributed by atoms with Crippen LogP contribution in [0.1, 0.15) is 21.5 Å². The van der Waals surface area contributed by atoms with Crippen LogP contribution in [-0.2, 0) is 19.6 Å². The monoisotopic (exact) mass is 446 g/mol. The third kappa shape index (κ3) is 5.05. The Morgan fingerprint density at radius 3 is 2.32 bits per heavy atom. The van der Waals surface area contributed by atoms with Gasteiger partial charge in [-0.05, 0) is 37.6 Å². The van der Waals surface area contributed by atoms with Gasteiger partial charge in [-0.1, -0.05) is 29.8 Å². The van der Waals surface area contributed by atoms with E-state index in [4.69, 9.17) is 9.47 Å². The lowest BCUT2D eigenvalue weighted by Gasteiger charge is -2.34. The molecule has 0 spiro atoms. The van der Waals surface area contributed by atoms with E-state index in [0.29, 0.717) is 11.3 Å². The van der Waals surface area contributed by atoms with Gasteiger partial charge in [0.05, 0.1) is 12.0 Å². The highest BCUT2D eigenvalue weighted by molar-refractivity contribution is 7.89. The maximum absolute atomic E-state index is 13.0. The van der Waals surface area contributed by atoms with Crippen molar-refractivity contribution in [3.05, 3.63) is 59.2 Å². The third-order valence-electron chi connectivity index (χ3n) is 5.19. The van der Waals surface area contributed by atoms with Gasteiger partial charge < -0.3 is 14.4 Å². The zero-order valence-corrected chi connectivity index (χ0v) is 18.6. The number of nitrogens with zero attached hydrogens (tertiary/aromatic N) is 2. The highest BCUT2D eigenvalue weighted by Gasteiger charge is 2.31. The van der Waals surface area contributed by atoms with Crippen LogP contribution in [0, 0.1) is 13.8 Å². The summed E-state index contributed by atoms with van der Waals surface area (Å²) < 4.78 is 37.6. The van der Waals surface area contributed by atoms with Gasteiger partial charge in [0.1, 0.15) is 11.3 Å². The number of benzene rings is 2. The summed E-state index contributed by atoms with van der Waals surface area (Å²) >= 11 is 0. The number of esters is 1. The molecule has 2 aromatic carbocycles. The van der Waals surface area contributed by atoms with Crippen LogP contribution in [0.2, 0.25) is 0 Å². The zero-order valence-electron chi connectivity index (χ0n) is 17.8. The number of hydrogen-bond donors (Lipinski definition) is 0. The Hall–Kier alpha value is -2.91. The first-order valence-electron chi connectivity index (χ1n) is 9.89. The number of para-hydroxylation sites is 1. The standard InChI is InChI=1S/C22H26N2O6S/c1-16-8-9-20(17(2)14-16)31(27,28)24-12-10-23(11-13-24)21(25)15-30-22(26)18-6-4-5-7-19(18)29-3/h4-9,14H,10-13,15H2,1-3H3. The predicted molar refractivity (Wildman–Crippen MR) is 115 cm³/mol. The van der Waals surface area contributed by atoms with Crippen molar-refractivity contribution in [2.24, 2.45) is 0 Å². The van der Waals surface area contributed by atoms with Crippen LogP contribution >= 0.6 is 0 Å². The Morgan fingerprint density at radius 1 is 1.00 bits per heavy atom. The molecule has 0 N–H and O–H groups in total. The van der Waals surface area contributed by atoms with Crippen molar-refractivity contribution in [2.45, 2.75) is 18.7 Å². The van der Waals surface area contributed by atoms with E-state index in [1.54, 1.807) is 43.3 Å². The summed E-state index contributed by atoms with van der Waals surface area (Å²) in [7, 11) is -2.18. The molecular formula is C22H26N2O6S. The number of amides is 1. The molecule has 0 bridgehead atoms. The first-order valence-corrected chi connectivity index (χ1v) is 11.3. The van der Waals surface area contributed by atoms with Crippen LogP contribution < -0.4 is 4.74 Å². The highest BCUT2D eigenvalue weighted by atomic mass is 32.2. The molecule has 1 fully saturated rings. The summed E-state index contributed by atoms with van der Waals surface area (Å²) in [4.78, 5) is 26.5. The van der Waals surface area contributed by atoms with Crippen LogP contribution in [0.15, 0.2) is 47.4 Å². The van der Waals surface area contributed by atoms with Crippen LogP contribution in [0.3, 0.4) is 0 Å². The van der Waals surface area contributed by atoms with Gasteiger partial charge in [0.15, 0.2) is 6.61 Å². The van der Waals surface area contributed by atoms with Crippen LogP contribution in [0.25, 0.3) is 0 Å². The lowest BCUT2D eigenvalue weighted by atomic mass is 10.2. The van der Waals surface area contributed by atoms with Gasteiger partial charge in [0.25, 0.3) is 5.91 Å². The second-order valence-corrected chi connectivity index (χ2v) is 9.24. The molecule has 0 aromatic heterocycles. The van der Waals surface area contributed by atoms with Crippen molar-refractivity contribution in [2.75, 3.05) is 39.9 Å². The van der Waals surface area contributed by atoms with E-state index in [2.05, 4.69) is 0 Å². The van der Waals surface area contributed by atoms with Crippen molar-refractivity contribution in [1.29, 1.82) is 0 Å². The number of hydrogen-bond acceptors (Lipinski definition) is 6. The first kappa shape index (κ1) is 22.8. The average molecular weight is 447 g/mol. The SMILES string of the molecule is COc1ccccc1C(=O)OCC(=O)N1CCN(S(=O)(=O)c2ccc(C)cc2C)CC1. The first-order chi connectivity index (χ1) is 14.7. The van der Waals surface area contributed by atoms with Gasteiger partial charge in [-0.2, -0.15) is 4.31 Å². The topological polar surface area (TPSA) is 93.2 Å². The fraction of sp³-hybridized carbons (Fsp3) is 0.364. The molecule has 31 heavy (non-hydrogen) atoms. The van der Waals surface area contributed by atoms with Crippen molar-refractivity contribution >= 4 is 21.9 Å². The summed E-state index contributed by atoms with van der Waals surface area (Å²) in [6, 6.07) is 11.8. The number of carbonyl (C=O) groups excluding carboxylic acids is 2. The second-order valence-electron chi connectivity index (χ2n) is 7.33. The summed E-state index contributed by atoms with van der Waals surface area (Å²) in [5.41, 5.74) is 1.93. The number of piperazine rings is 1. The molecule has 0 atom stereocenters. The molecule has 0 saturated carbocycles. The minimum Gasteiger partial charge on any atom is -0.496 e. The molecule has 9 heteroatoms. The minimum absolute atomic E-state index is 0.182. The fourth-order valence-corrected chi connectivity index (χ4v) is 5.14. The molecule has 1 aliphatic rings.